The van der Waals surface area contributed by atoms with Gasteiger partial charge in [0.15, 0.2) is 0 Å². The molecule has 0 fully saturated rings. The summed E-state index contributed by atoms with van der Waals surface area (Å²) in [6, 6.07) is 0. The van der Waals surface area contributed by atoms with Crippen molar-refractivity contribution >= 4 is 0 Å². The van der Waals surface area contributed by atoms with Crippen LogP contribution in [0.1, 0.15) is 31.4 Å². The molecule has 0 radical (unpaired) electrons. The maximum Gasteiger partial charge on any atom is 0.147 e. The van der Waals surface area contributed by atoms with Crippen LogP contribution >= 0.6 is 0 Å². The summed E-state index contributed by atoms with van der Waals surface area (Å²) in [4.78, 5) is 4.22. The highest BCUT2D eigenvalue weighted by molar-refractivity contribution is 4.87. The van der Waals surface area contributed by atoms with E-state index in [1.54, 1.807) is 0 Å². The van der Waals surface area contributed by atoms with Crippen molar-refractivity contribution in [1.82, 2.24) is 14.8 Å². The third-order valence-electron chi connectivity index (χ3n) is 1.69. The van der Waals surface area contributed by atoms with Gasteiger partial charge in [0.2, 0.25) is 0 Å². The van der Waals surface area contributed by atoms with Gasteiger partial charge in [0.05, 0.1) is 0 Å². The quantitative estimate of drug-likeness (QED) is 0.661. The highest BCUT2D eigenvalue weighted by atomic mass is 15.3. The first kappa shape index (κ1) is 8.24. The molecule has 1 heterocycles. The molecule has 0 unspecified atom stereocenters. The maximum absolute atomic E-state index is 4.25. The van der Waals surface area contributed by atoms with Gasteiger partial charge in [-0.15, -0.1) is 0 Å². The summed E-state index contributed by atoms with van der Waals surface area (Å²) in [7, 11) is 0. The van der Waals surface area contributed by atoms with Crippen molar-refractivity contribution in [2.24, 2.45) is 0 Å². The SMILES string of the molecule is CCCCn1nc(C)nc1C. The third-order valence-corrected chi connectivity index (χ3v) is 1.69. The molecule has 1 aromatic heterocycles. The Bertz CT molecular complexity index is 227. The predicted molar refractivity (Wildman–Crippen MR) is 44.4 cm³/mol. The molecule has 1 aromatic rings. The van der Waals surface area contributed by atoms with E-state index in [1.807, 2.05) is 18.5 Å². The van der Waals surface area contributed by atoms with E-state index in [9.17, 15) is 0 Å². The van der Waals surface area contributed by atoms with Crippen molar-refractivity contribution in [1.29, 1.82) is 0 Å². The zero-order valence-corrected chi connectivity index (χ0v) is 7.46. The van der Waals surface area contributed by atoms with Gasteiger partial charge in [-0.05, 0) is 20.3 Å². The van der Waals surface area contributed by atoms with Crippen LogP contribution in [0.3, 0.4) is 0 Å². The molecule has 0 N–H and O–H groups in total. The van der Waals surface area contributed by atoms with Crippen LogP contribution in [0.2, 0.25) is 0 Å². The summed E-state index contributed by atoms with van der Waals surface area (Å²) < 4.78 is 1.97. The Kier molecular flexibility index (Phi) is 2.63. The standard InChI is InChI=1S/C8H15N3/c1-4-5-6-11-8(3)9-7(2)10-11/h4-6H2,1-3H3. The molecule has 1 rings (SSSR count). The highest BCUT2D eigenvalue weighted by Crippen LogP contribution is 1.98. The smallest absolute Gasteiger partial charge is 0.147 e. The van der Waals surface area contributed by atoms with Gasteiger partial charge in [-0.3, -0.25) is 4.68 Å². The van der Waals surface area contributed by atoms with Crippen LogP contribution in [0, 0.1) is 13.8 Å². The lowest BCUT2D eigenvalue weighted by Crippen LogP contribution is -2.02. The Morgan fingerprint density at radius 3 is 2.55 bits per heavy atom. The Labute approximate surface area is 67.4 Å². The van der Waals surface area contributed by atoms with Crippen molar-refractivity contribution in [3.05, 3.63) is 11.6 Å². The second-order valence-electron chi connectivity index (χ2n) is 2.78. The van der Waals surface area contributed by atoms with Crippen molar-refractivity contribution in [3.63, 3.8) is 0 Å². The number of aromatic nitrogens is 3. The van der Waals surface area contributed by atoms with Crippen molar-refractivity contribution in [3.8, 4) is 0 Å². The Morgan fingerprint density at radius 1 is 1.36 bits per heavy atom. The van der Waals surface area contributed by atoms with Gasteiger partial charge in [-0.1, -0.05) is 13.3 Å². The van der Waals surface area contributed by atoms with Crippen LogP contribution in [0.5, 0.6) is 0 Å². The number of unbranched alkanes of at least 4 members (excludes halogenated alkanes) is 1. The van der Waals surface area contributed by atoms with E-state index in [1.165, 1.54) is 12.8 Å². The molecule has 3 heteroatoms. The number of aryl methyl sites for hydroxylation is 3. The van der Waals surface area contributed by atoms with Gasteiger partial charge in [0.25, 0.3) is 0 Å². The first-order valence-corrected chi connectivity index (χ1v) is 4.12. The van der Waals surface area contributed by atoms with E-state index >= 15 is 0 Å². The lowest BCUT2D eigenvalue weighted by atomic mass is 10.3. The zero-order valence-electron chi connectivity index (χ0n) is 7.46. The number of rotatable bonds is 3. The minimum absolute atomic E-state index is 0.874. The van der Waals surface area contributed by atoms with Gasteiger partial charge < -0.3 is 0 Å². The molecule has 3 nitrogen and oxygen atoms in total. The average Bonchev–Trinajstić information content (AvgIpc) is 2.26. The fraction of sp³-hybridized carbons (Fsp3) is 0.750. The molecule has 0 saturated heterocycles. The van der Waals surface area contributed by atoms with E-state index in [-0.39, 0.29) is 0 Å². The van der Waals surface area contributed by atoms with Crippen molar-refractivity contribution in [2.75, 3.05) is 0 Å². The predicted octanol–water partition coefficient (Wildman–Crippen LogP) is 1.70. The van der Waals surface area contributed by atoms with Gasteiger partial charge >= 0.3 is 0 Å². The second kappa shape index (κ2) is 3.51. The van der Waals surface area contributed by atoms with Crippen LogP contribution in [0.15, 0.2) is 0 Å². The monoisotopic (exact) mass is 153 g/mol. The van der Waals surface area contributed by atoms with Crippen LogP contribution < -0.4 is 0 Å². The van der Waals surface area contributed by atoms with Crippen LogP contribution in [-0.4, -0.2) is 14.8 Å². The molecule has 0 aromatic carbocycles. The van der Waals surface area contributed by atoms with Crippen molar-refractivity contribution < 1.29 is 0 Å². The van der Waals surface area contributed by atoms with Crippen LogP contribution in [0.4, 0.5) is 0 Å². The lowest BCUT2D eigenvalue weighted by molar-refractivity contribution is 0.554. The van der Waals surface area contributed by atoms with E-state index in [4.69, 9.17) is 0 Å². The first-order chi connectivity index (χ1) is 5.24. The van der Waals surface area contributed by atoms with Gasteiger partial charge in [-0.2, -0.15) is 5.10 Å². The Hall–Kier alpha value is -0.860. The fourth-order valence-electron chi connectivity index (χ4n) is 1.08. The minimum Gasteiger partial charge on any atom is -0.250 e. The number of hydrogen-bond donors (Lipinski definition) is 0. The lowest BCUT2D eigenvalue weighted by Gasteiger charge is -1.99. The van der Waals surface area contributed by atoms with Crippen LogP contribution in [0.25, 0.3) is 0 Å². The molecule has 0 saturated carbocycles. The molecular weight excluding hydrogens is 138 g/mol. The van der Waals surface area contributed by atoms with E-state index in [0.29, 0.717) is 0 Å². The largest absolute Gasteiger partial charge is 0.250 e. The van der Waals surface area contributed by atoms with Gasteiger partial charge in [0, 0.05) is 6.54 Å². The highest BCUT2D eigenvalue weighted by Gasteiger charge is 1.99. The summed E-state index contributed by atoms with van der Waals surface area (Å²) >= 11 is 0. The minimum atomic E-state index is 0.874. The Morgan fingerprint density at radius 2 is 2.09 bits per heavy atom. The molecule has 0 aliphatic carbocycles. The molecule has 0 aliphatic rings. The summed E-state index contributed by atoms with van der Waals surface area (Å²) in [5, 5.41) is 4.25. The van der Waals surface area contributed by atoms with Gasteiger partial charge in [-0.25, -0.2) is 4.98 Å². The topological polar surface area (TPSA) is 30.7 Å². The molecule has 0 amide bonds. The number of hydrogen-bond acceptors (Lipinski definition) is 2. The molecule has 11 heavy (non-hydrogen) atoms. The normalized spacial score (nSPS) is 10.5. The Balaban J connectivity index is 2.62. The molecule has 0 bridgehead atoms. The molecule has 62 valence electrons. The summed E-state index contributed by atoms with van der Waals surface area (Å²) in [6.45, 7) is 7.10. The first-order valence-electron chi connectivity index (χ1n) is 4.12. The zero-order chi connectivity index (χ0) is 8.27. The molecule has 0 atom stereocenters. The average molecular weight is 153 g/mol. The van der Waals surface area contributed by atoms with E-state index in [2.05, 4.69) is 17.0 Å². The van der Waals surface area contributed by atoms with E-state index < -0.39 is 0 Å². The molecule has 0 spiro atoms. The van der Waals surface area contributed by atoms with Crippen LogP contribution in [-0.2, 0) is 6.54 Å². The van der Waals surface area contributed by atoms with Gasteiger partial charge in [0.1, 0.15) is 11.6 Å². The molecular formula is C8H15N3. The van der Waals surface area contributed by atoms with E-state index in [0.717, 1.165) is 18.2 Å². The number of nitrogens with zero attached hydrogens (tertiary/aromatic N) is 3. The van der Waals surface area contributed by atoms with Crippen molar-refractivity contribution in [2.45, 2.75) is 40.2 Å². The summed E-state index contributed by atoms with van der Waals surface area (Å²) in [5.41, 5.74) is 0. The summed E-state index contributed by atoms with van der Waals surface area (Å²) in [6.07, 6.45) is 2.39. The fourth-order valence-corrected chi connectivity index (χ4v) is 1.08. The third kappa shape index (κ3) is 2.03. The maximum atomic E-state index is 4.25. The molecule has 0 aliphatic heterocycles. The summed E-state index contributed by atoms with van der Waals surface area (Å²) in [5.74, 6) is 1.90. The second-order valence-corrected chi connectivity index (χ2v) is 2.78.